The topological polar surface area (TPSA) is 64.7 Å². The lowest BCUT2D eigenvalue weighted by molar-refractivity contribution is 0.235. The first-order valence-electron chi connectivity index (χ1n) is 13.6. The van der Waals surface area contributed by atoms with Gasteiger partial charge in [-0.2, -0.15) is 0 Å². The minimum atomic E-state index is -0.606. The Labute approximate surface area is 226 Å². The Morgan fingerprint density at radius 2 is 1.05 bits per heavy atom. The summed E-state index contributed by atoms with van der Waals surface area (Å²) in [7, 11) is 0. The third-order valence-corrected chi connectivity index (χ3v) is 7.86. The largest absolute Gasteiger partial charge is 0.329 e. The van der Waals surface area contributed by atoms with Gasteiger partial charge in [0.2, 0.25) is 0 Å². The molecule has 3 aromatic rings. The van der Waals surface area contributed by atoms with E-state index in [0.29, 0.717) is 13.1 Å². The van der Waals surface area contributed by atoms with Crippen molar-refractivity contribution >= 4 is 23.4 Å². The van der Waals surface area contributed by atoms with Crippen molar-refractivity contribution in [3.63, 3.8) is 0 Å². The van der Waals surface area contributed by atoms with Crippen LogP contribution in [0.4, 0.5) is 21.0 Å². The second kappa shape index (κ2) is 10.2. The molecule has 6 heteroatoms. The van der Waals surface area contributed by atoms with Crippen LogP contribution < -0.4 is 20.4 Å². The van der Waals surface area contributed by atoms with Gasteiger partial charge in [0.05, 0.1) is 11.1 Å². The molecule has 2 aliphatic rings. The number of hydrogen-bond donors (Lipinski definition) is 2. The van der Waals surface area contributed by atoms with Gasteiger partial charge >= 0.3 is 12.1 Å². The number of aryl methyl sites for hydroxylation is 2. The summed E-state index contributed by atoms with van der Waals surface area (Å²) in [6.07, 6.45) is 3.90. The van der Waals surface area contributed by atoms with E-state index in [9.17, 15) is 9.59 Å². The summed E-state index contributed by atoms with van der Waals surface area (Å²) in [5, 5.41) is 6.51. The van der Waals surface area contributed by atoms with E-state index < -0.39 is 11.1 Å². The Kier molecular flexibility index (Phi) is 6.91. The van der Waals surface area contributed by atoms with Crippen LogP contribution in [0.2, 0.25) is 0 Å². The van der Waals surface area contributed by atoms with Crippen LogP contribution in [0.5, 0.6) is 0 Å². The van der Waals surface area contributed by atoms with Gasteiger partial charge in [0.15, 0.2) is 0 Å². The number of benzene rings is 3. The molecule has 198 valence electrons. The Bertz CT molecular complexity index is 1250. The van der Waals surface area contributed by atoms with E-state index >= 15 is 0 Å². The predicted molar refractivity (Wildman–Crippen MR) is 154 cm³/mol. The SMILES string of the molecule is CC(C)(NC(=O)N1CCCc2ccccc21)c1cccc(C(C)(C)NC(=O)N2CCCc3ccccc32)c1. The molecule has 0 fully saturated rings. The Balaban J connectivity index is 1.32. The molecular formula is C32H38N4O2. The molecule has 0 spiro atoms. The van der Waals surface area contributed by atoms with Crippen LogP contribution in [0, 0.1) is 0 Å². The number of carbonyl (C=O) groups is 2. The summed E-state index contributed by atoms with van der Waals surface area (Å²) in [4.78, 5) is 30.5. The van der Waals surface area contributed by atoms with Gasteiger partial charge in [-0.1, -0.05) is 60.7 Å². The zero-order valence-corrected chi connectivity index (χ0v) is 22.9. The molecule has 0 radical (unpaired) electrons. The van der Waals surface area contributed by atoms with Gasteiger partial charge in [-0.15, -0.1) is 0 Å². The first-order chi connectivity index (χ1) is 18.2. The Morgan fingerprint density at radius 3 is 1.50 bits per heavy atom. The number of nitrogens with one attached hydrogen (secondary N) is 2. The average molecular weight is 511 g/mol. The highest BCUT2D eigenvalue weighted by atomic mass is 16.2. The van der Waals surface area contributed by atoms with Crippen molar-refractivity contribution in [2.45, 2.75) is 64.5 Å². The van der Waals surface area contributed by atoms with Crippen LogP contribution in [0.15, 0.2) is 72.8 Å². The molecule has 3 aromatic carbocycles. The first kappa shape index (κ1) is 25.8. The van der Waals surface area contributed by atoms with Gasteiger partial charge in [-0.05, 0) is 87.8 Å². The minimum absolute atomic E-state index is 0.0936. The van der Waals surface area contributed by atoms with Crippen LogP contribution >= 0.6 is 0 Å². The number of rotatable bonds is 4. The van der Waals surface area contributed by atoms with Gasteiger partial charge in [0, 0.05) is 24.5 Å². The maximum Gasteiger partial charge on any atom is 0.322 e. The van der Waals surface area contributed by atoms with Gasteiger partial charge < -0.3 is 10.6 Å². The smallest absolute Gasteiger partial charge is 0.322 e. The molecule has 0 aliphatic carbocycles. The Hall–Kier alpha value is -3.80. The summed E-state index contributed by atoms with van der Waals surface area (Å²) < 4.78 is 0. The van der Waals surface area contributed by atoms with Gasteiger partial charge in [-0.3, -0.25) is 9.80 Å². The molecule has 0 saturated heterocycles. The molecule has 2 heterocycles. The number of urea groups is 2. The molecule has 5 rings (SSSR count). The molecule has 0 unspecified atom stereocenters. The molecule has 2 N–H and O–H groups in total. The highest BCUT2D eigenvalue weighted by molar-refractivity contribution is 5.94. The van der Waals surface area contributed by atoms with E-state index in [2.05, 4.69) is 28.8 Å². The monoisotopic (exact) mass is 510 g/mol. The summed E-state index contributed by atoms with van der Waals surface area (Å²) >= 11 is 0. The summed E-state index contributed by atoms with van der Waals surface area (Å²) in [6, 6.07) is 24.2. The van der Waals surface area contributed by atoms with Gasteiger partial charge in [0.25, 0.3) is 0 Å². The van der Waals surface area contributed by atoms with Crippen LogP contribution in [-0.4, -0.2) is 25.2 Å². The molecule has 4 amide bonds. The number of carbonyl (C=O) groups excluding carboxylic acids is 2. The van der Waals surface area contributed by atoms with Crippen molar-refractivity contribution in [3.05, 3.63) is 95.1 Å². The number of nitrogens with zero attached hydrogens (tertiary/aromatic N) is 2. The zero-order valence-electron chi connectivity index (χ0n) is 22.9. The van der Waals surface area contributed by atoms with Crippen LogP contribution in [0.25, 0.3) is 0 Å². The standard InChI is InChI=1S/C32H38N4O2/c1-31(2,33-29(37)35-20-10-14-23-12-5-7-18-27(23)35)25-16-9-17-26(22-25)32(3,4)34-30(38)36-21-11-15-24-13-6-8-19-28(24)36/h5-9,12-13,16-19,22H,10-11,14-15,20-21H2,1-4H3,(H,33,37)(H,34,38). The molecule has 6 nitrogen and oxygen atoms in total. The molecule has 0 saturated carbocycles. The fraction of sp³-hybridized carbons (Fsp3) is 0.375. The molecule has 0 atom stereocenters. The van der Waals surface area contributed by atoms with Crippen molar-refractivity contribution in [1.82, 2.24) is 10.6 Å². The van der Waals surface area contributed by atoms with Crippen molar-refractivity contribution < 1.29 is 9.59 Å². The van der Waals surface area contributed by atoms with Gasteiger partial charge in [-0.25, -0.2) is 9.59 Å². The normalized spacial score (nSPS) is 15.4. The third kappa shape index (κ3) is 5.13. The lowest BCUT2D eigenvalue weighted by Gasteiger charge is -2.36. The number of amides is 4. The molecular weight excluding hydrogens is 472 g/mol. The van der Waals surface area contributed by atoms with Crippen molar-refractivity contribution in [1.29, 1.82) is 0 Å². The maximum atomic E-state index is 13.4. The van der Waals surface area contributed by atoms with Crippen LogP contribution in [-0.2, 0) is 23.9 Å². The second-order valence-electron chi connectivity index (χ2n) is 11.5. The second-order valence-corrected chi connectivity index (χ2v) is 11.5. The molecule has 2 aliphatic heterocycles. The number of fused-ring (bicyclic) bond motifs is 2. The highest BCUT2D eigenvalue weighted by Crippen LogP contribution is 2.31. The summed E-state index contributed by atoms with van der Waals surface area (Å²) in [5.41, 5.74) is 5.16. The van der Waals surface area contributed by atoms with E-state index in [-0.39, 0.29) is 12.1 Å². The highest BCUT2D eigenvalue weighted by Gasteiger charge is 2.32. The molecule has 38 heavy (non-hydrogen) atoms. The van der Waals surface area contributed by atoms with Crippen molar-refractivity contribution in [3.8, 4) is 0 Å². The zero-order chi connectivity index (χ0) is 26.9. The predicted octanol–water partition coefficient (Wildman–Crippen LogP) is 6.48. The van der Waals surface area contributed by atoms with Gasteiger partial charge in [0.1, 0.15) is 0 Å². The van der Waals surface area contributed by atoms with Crippen molar-refractivity contribution in [2.24, 2.45) is 0 Å². The number of para-hydroxylation sites is 2. The fourth-order valence-corrected chi connectivity index (χ4v) is 5.60. The van der Waals surface area contributed by atoms with E-state index in [1.165, 1.54) is 11.1 Å². The fourth-order valence-electron chi connectivity index (χ4n) is 5.60. The van der Waals surface area contributed by atoms with E-state index in [1.807, 2.05) is 92.1 Å². The average Bonchev–Trinajstić information content (AvgIpc) is 2.92. The Morgan fingerprint density at radius 1 is 0.632 bits per heavy atom. The maximum absolute atomic E-state index is 13.4. The minimum Gasteiger partial charge on any atom is -0.329 e. The van der Waals surface area contributed by atoms with E-state index in [0.717, 1.165) is 48.2 Å². The first-order valence-corrected chi connectivity index (χ1v) is 13.6. The molecule has 0 aromatic heterocycles. The quantitative estimate of drug-likeness (QED) is 0.422. The molecule has 0 bridgehead atoms. The van der Waals surface area contributed by atoms with E-state index in [4.69, 9.17) is 0 Å². The van der Waals surface area contributed by atoms with Crippen LogP contribution in [0.3, 0.4) is 0 Å². The number of hydrogen-bond acceptors (Lipinski definition) is 2. The van der Waals surface area contributed by atoms with E-state index in [1.54, 1.807) is 0 Å². The van der Waals surface area contributed by atoms with Crippen molar-refractivity contribution in [2.75, 3.05) is 22.9 Å². The third-order valence-electron chi connectivity index (χ3n) is 7.86. The summed E-state index contributed by atoms with van der Waals surface area (Å²) in [6.45, 7) is 9.51. The number of anilines is 2. The lowest BCUT2D eigenvalue weighted by Crippen LogP contribution is -2.51. The van der Waals surface area contributed by atoms with Crippen LogP contribution in [0.1, 0.15) is 62.8 Å². The summed E-state index contributed by atoms with van der Waals surface area (Å²) in [5.74, 6) is 0. The lowest BCUT2D eigenvalue weighted by atomic mass is 9.87.